The van der Waals surface area contributed by atoms with Crippen LogP contribution in [0.3, 0.4) is 0 Å². The fourth-order valence-electron chi connectivity index (χ4n) is 13.7. The van der Waals surface area contributed by atoms with Crippen molar-refractivity contribution in [2.45, 2.75) is 80.0 Å². The van der Waals surface area contributed by atoms with Crippen molar-refractivity contribution in [3.63, 3.8) is 0 Å². The zero-order valence-electron chi connectivity index (χ0n) is 30.3. The highest BCUT2D eigenvalue weighted by atomic mass is 35.6. The van der Waals surface area contributed by atoms with E-state index in [9.17, 15) is 0 Å². The van der Waals surface area contributed by atoms with Gasteiger partial charge in [-0.05, 0) is 22.3 Å². The van der Waals surface area contributed by atoms with Crippen LogP contribution in [0.1, 0.15) is 45.9 Å². The predicted octanol–water partition coefficient (Wildman–Crippen LogP) is 19.6. The Bertz CT molecular complexity index is 2380. The van der Waals surface area contributed by atoms with Crippen molar-refractivity contribution in [1.29, 1.82) is 0 Å². The molecule has 4 fully saturated rings. The monoisotopic (exact) mass is 1340 g/mol. The number of rotatable bonds is 0. The standard InChI is InChI=1S/2C20H8Cl12/c2*21-11-13(23)17(27)9-7(15(11,25)19(17,29)30)5-3-1-2-4-6(5)8-10(9)18(28)14(24)12(22)16(8,26)20(18,31)32/h2*1-4,7-10H/t2*7-,8-,9-,10-,15-,16-,17+,18+/m10/s1. The smallest absolute Gasteiger partial charge is 0.109 e. The maximum Gasteiger partial charge on any atom is 0.167 e. The van der Waals surface area contributed by atoms with Crippen molar-refractivity contribution in [3.05, 3.63) is 111 Å². The lowest BCUT2D eigenvalue weighted by atomic mass is 9.57. The van der Waals surface area contributed by atoms with Gasteiger partial charge in [0, 0.05) is 47.3 Å². The van der Waals surface area contributed by atoms with Gasteiger partial charge in [-0.2, -0.15) is 0 Å². The van der Waals surface area contributed by atoms with E-state index in [1.165, 1.54) is 0 Å². The summed E-state index contributed by atoms with van der Waals surface area (Å²) in [5.41, 5.74) is 3.17. The Balaban J connectivity index is 0.000000143. The van der Waals surface area contributed by atoms with Crippen LogP contribution in [-0.2, 0) is 0 Å². The van der Waals surface area contributed by atoms with Crippen molar-refractivity contribution < 1.29 is 0 Å². The van der Waals surface area contributed by atoms with Crippen molar-refractivity contribution in [1.82, 2.24) is 0 Å². The molecule has 0 N–H and O–H groups in total. The molecule has 2 aromatic carbocycles. The van der Waals surface area contributed by atoms with E-state index in [-0.39, 0.29) is 40.3 Å². The molecule has 10 aliphatic rings. The van der Waals surface area contributed by atoms with Crippen LogP contribution in [0.15, 0.2) is 88.8 Å². The van der Waals surface area contributed by atoms with Crippen LogP contribution in [-0.4, -0.2) is 56.3 Å². The van der Waals surface area contributed by atoms with Gasteiger partial charge in [-0.15, -0.1) is 92.8 Å². The van der Waals surface area contributed by atoms with Crippen molar-refractivity contribution >= 4 is 278 Å². The van der Waals surface area contributed by atoms with Gasteiger partial charge in [-0.1, -0.05) is 234 Å². The van der Waals surface area contributed by atoms with E-state index in [0.717, 1.165) is 22.3 Å². The Hall–Kier alpha value is 4.36. The molecule has 0 nitrogen and oxygen atoms in total. The lowest BCUT2D eigenvalue weighted by molar-refractivity contribution is 0.201. The summed E-state index contributed by atoms with van der Waals surface area (Å²) in [6.45, 7) is 0. The molecular weight excluding hydrogens is 1330 g/mol. The first-order valence-electron chi connectivity index (χ1n) is 18.7. The van der Waals surface area contributed by atoms with E-state index >= 15 is 0 Å². The molecule has 4 saturated carbocycles. The van der Waals surface area contributed by atoms with E-state index in [2.05, 4.69) is 0 Å². The highest BCUT2D eigenvalue weighted by Gasteiger charge is 2.94. The molecule has 0 amide bonds. The third-order valence-electron chi connectivity index (χ3n) is 16.1. The third kappa shape index (κ3) is 4.52. The lowest BCUT2D eigenvalue weighted by Gasteiger charge is -2.52. The second-order valence-electron chi connectivity index (χ2n) is 17.8. The Labute approximate surface area is 486 Å². The highest BCUT2D eigenvalue weighted by molar-refractivity contribution is 6.70. The van der Waals surface area contributed by atoms with Gasteiger partial charge in [0.2, 0.25) is 0 Å². The minimum atomic E-state index is -1.80. The molecule has 0 unspecified atom stereocenters. The van der Waals surface area contributed by atoms with Gasteiger partial charge < -0.3 is 0 Å². The number of halogens is 24. The van der Waals surface area contributed by atoms with E-state index in [4.69, 9.17) is 278 Å². The molecule has 2 aromatic rings. The first kappa shape index (κ1) is 50.5. The average molecular weight is 1350 g/mol. The van der Waals surface area contributed by atoms with Gasteiger partial charge in [0.25, 0.3) is 0 Å². The van der Waals surface area contributed by atoms with Crippen molar-refractivity contribution in [2.24, 2.45) is 23.7 Å². The largest absolute Gasteiger partial charge is 0.167 e. The van der Waals surface area contributed by atoms with E-state index in [1.807, 2.05) is 48.5 Å². The molecule has 0 aliphatic heterocycles. The van der Waals surface area contributed by atoms with Crippen LogP contribution < -0.4 is 0 Å². The zero-order chi connectivity index (χ0) is 47.2. The van der Waals surface area contributed by atoms with Crippen LogP contribution in [0, 0.1) is 23.7 Å². The lowest BCUT2D eigenvalue weighted by Crippen LogP contribution is -2.53. The van der Waals surface area contributed by atoms with Gasteiger partial charge in [0.15, 0.2) is 17.3 Å². The quantitative estimate of drug-likeness (QED) is 0.231. The Morgan fingerprint density at radius 2 is 0.375 bits per heavy atom. The molecule has 0 radical (unpaired) electrons. The van der Waals surface area contributed by atoms with Gasteiger partial charge in [-0.3, -0.25) is 0 Å². The molecule has 0 aromatic heterocycles. The molecule has 8 bridgehead atoms. The average Bonchev–Trinajstić information content (AvgIpc) is 3.77. The molecule has 24 heteroatoms. The van der Waals surface area contributed by atoms with Crippen LogP contribution in [0.4, 0.5) is 0 Å². The molecule has 344 valence electrons. The molecule has 64 heavy (non-hydrogen) atoms. The van der Waals surface area contributed by atoms with Gasteiger partial charge in [0.1, 0.15) is 39.0 Å². The Morgan fingerprint density at radius 1 is 0.234 bits per heavy atom. The number of fused-ring (bicyclic) bond motifs is 28. The second-order valence-corrected chi connectivity index (χ2v) is 30.9. The zero-order valence-corrected chi connectivity index (χ0v) is 48.5. The summed E-state index contributed by atoms with van der Waals surface area (Å²) >= 11 is 167. The molecule has 16 atom stereocenters. The molecule has 0 saturated heterocycles. The summed E-state index contributed by atoms with van der Waals surface area (Å²) in [7, 11) is 0. The van der Waals surface area contributed by atoms with Gasteiger partial charge in [0.05, 0.1) is 40.3 Å². The van der Waals surface area contributed by atoms with Crippen LogP contribution >= 0.6 is 278 Å². The SMILES string of the molecule is ClC1=C(Cl)[C@]2(Cl)[C@@H]3[C@@H]4[C@H](c5ccccc5[C@@H]3[C@@]1(Cl)C2(Cl)Cl)[C@]1(Cl)C(Cl)=C(Cl)[C@@]4(Cl)C1(Cl)Cl.ClC1=C(Cl)[C@]2(Cl)[C@@H]3c4ccccc4[C@@H]4[C@H]([C@@H]3[C@@]1(Cl)C2(Cl)Cl)[C@]1(Cl)C(Cl)=C(Cl)[C@@]4(Cl)C1(Cl)Cl. The van der Waals surface area contributed by atoms with E-state index in [1.54, 1.807) is 0 Å². The van der Waals surface area contributed by atoms with Crippen LogP contribution in [0.5, 0.6) is 0 Å². The number of alkyl halides is 16. The molecule has 12 rings (SSSR count). The number of benzene rings is 2. The van der Waals surface area contributed by atoms with Crippen molar-refractivity contribution in [2.75, 3.05) is 0 Å². The Morgan fingerprint density at radius 3 is 0.531 bits per heavy atom. The van der Waals surface area contributed by atoms with E-state index in [0.29, 0.717) is 0 Å². The summed E-state index contributed by atoms with van der Waals surface area (Å²) < 4.78 is -7.20. The predicted molar refractivity (Wildman–Crippen MR) is 279 cm³/mol. The van der Waals surface area contributed by atoms with Gasteiger partial charge in [-0.25, -0.2) is 0 Å². The summed E-state index contributed by atoms with van der Waals surface area (Å²) in [4.78, 5) is -12.7. The summed E-state index contributed by atoms with van der Waals surface area (Å²) in [5, 5.41) is 0.549. The first-order valence-corrected chi connectivity index (χ1v) is 27.7. The summed E-state index contributed by atoms with van der Waals surface area (Å²) in [6.07, 6.45) is 0. The molecular formula is C40H16Cl24. The second kappa shape index (κ2) is 14.2. The molecule has 10 aliphatic carbocycles. The number of allylic oxidation sites excluding steroid dienone is 8. The minimum Gasteiger partial charge on any atom is -0.109 e. The van der Waals surface area contributed by atoms with Gasteiger partial charge >= 0.3 is 0 Å². The Kier molecular flexibility index (Phi) is 11.2. The first-order chi connectivity index (χ1) is 29.2. The van der Waals surface area contributed by atoms with Crippen LogP contribution in [0.25, 0.3) is 0 Å². The molecule has 0 heterocycles. The number of hydrogen-bond acceptors (Lipinski definition) is 0. The van der Waals surface area contributed by atoms with E-state index < -0.39 is 104 Å². The fourth-order valence-corrected chi connectivity index (χ4v) is 25.8. The number of hydrogen-bond donors (Lipinski definition) is 0. The highest BCUT2D eigenvalue weighted by Crippen LogP contribution is 2.91. The minimum absolute atomic E-state index is 0.0489. The maximum absolute atomic E-state index is 7.25. The summed E-state index contributed by atoms with van der Waals surface area (Å²) in [6, 6.07) is 15.0. The molecule has 0 spiro atoms. The third-order valence-corrected chi connectivity index (χ3v) is 33.2. The van der Waals surface area contributed by atoms with Crippen LogP contribution in [0.2, 0.25) is 0 Å². The maximum atomic E-state index is 7.25. The topological polar surface area (TPSA) is 0 Å². The summed E-state index contributed by atoms with van der Waals surface area (Å²) in [5.74, 6) is -5.09. The van der Waals surface area contributed by atoms with Crippen molar-refractivity contribution in [3.8, 4) is 0 Å². The fraction of sp³-hybridized carbons (Fsp3) is 0.500. The normalized spacial score (nSPS) is 51.2.